The zero-order chi connectivity index (χ0) is 22.8. The molecule has 0 fully saturated rings. The van der Waals surface area contributed by atoms with Gasteiger partial charge in [-0.15, -0.1) is 0 Å². The first-order chi connectivity index (χ1) is 15.5. The number of aryl methyl sites for hydroxylation is 1. The van der Waals surface area contributed by atoms with Crippen molar-refractivity contribution < 1.29 is 18.7 Å². The van der Waals surface area contributed by atoms with Crippen LogP contribution in [0, 0.1) is 12.7 Å². The standard InChI is InChI=1S/C25H24FN3O3/c1-18-6-8-20(9-7-18)17-32-21-12-10-19(11-13-21)16-28-29-24(30)14-15-27-25(31)22-4-2-3-5-23(22)26/h2-13,16H,14-15,17H2,1H3,(H,27,31)(H,29,30). The average molecular weight is 433 g/mol. The van der Waals surface area contributed by atoms with Crippen LogP contribution in [0.4, 0.5) is 4.39 Å². The number of rotatable bonds is 9. The molecule has 0 atom stereocenters. The van der Waals surface area contributed by atoms with Crippen molar-refractivity contribution in [1.29, 1.82) is 0 Å². The van der Waals surface area contributed by atoms with Crippen LogP contribution < -0.4 is 15.5 Å². The Bertz CT molecular complexity index is 1080. The lowest BCUT2D eigenvalue weighted by atomic mass is 10.2. The SMILES string of the molecule is Cc1ccc(COc2ccc(C=NNC(=O)CCNC(=O)c3ccccc3F)cc2)cc1. The summed E-state index contributed by atoms with van der Waals surface area (Å²) in [7, 11) is 0. The third-order valence-corrected chi connectivity index (χ3v) is 4.57. The van der Waals surface area contributed by atoms with Gasteiger partial charge in [-0.2, -0.15) is 5.10 Å². The van der Waals surface area contributed by atoms with Crippen molar-refractivity contribution in [2.24, 2.45) is 5.10 Å². The highest BCUT2D eigenvalue weighted by Gasteiger charge is 2.10. The van der Waals surface area contributed by atoms with Gasteiger partial charge in [0.15, 0.2) is 0 Å². The van der Waals surface area contributed by atoms with E-state index in [1.165, 1.54) is 30.0 Å². The van der Waals surface area contributed by atoms with Crippen molar-refractivity contribution in [3.63, 3.8) is 0 Å². The lowest BCUT2D eigenvalue weighted by molar-refractivity contribution is -0.120. The normalized spacial score (nSPS) is 10.7. The molecule has 3 aromatic rings. The Morgan fingerprint density at radius 3 is 2.44 bits per heavy atom. The fourth-order valence-corrected chi connectivity index (χ4v) is 2.77. The van der Waals surface area contributed by atoms with Crippen LogP contribution in [0.1, 0.15) is 33.5 Å². The molecule has 7 heteroatoms. The molecule has 164 valence electrons. The lowest BCUT2D eigenvalue weighted by Crippen LogP contribution is -2.29. The largest absolute Gasteiger partial charge is 0.489 e. The van der Waals surface area contributed by atoms with Crippen molar-refractivity contribution in [3.8, 4) is 5.75 Å². The predicted molar refractivity (Wildman–Crippen MR) is 121 cm³/mol. The summed E-state index contributed by atoms with van der Waals surface area (Å²) in [5, 5.41) is 6.41. The lowest BCUT2D eigenvalue weighted by Gasteiger charge is -2.07. The van der Waals surface area contributed by atoms with Gasteiger partial charge in [0.2, 0.25) is 5.91 Å². The van der Waals surface area contributed by atoms with Crippen LogP contribution in [0.25, 0.3) is 0 Å². The molecule has 2 amide bonds. The molecule has 0 unspecified atom stereocenters. The van der Waals surface area contributed by atoms with Gasteiger partial charge in [-0.25, -0.2) is 9.82 Å². The third-order valence-electron chi connectivity index (χ3n) is 4.57. The molecular weight excluding hydrogens is 409 g/mol. The molecule has 0 bridgehead atoms. The van der Waals surface area contributed by atoms with Crippen molar-refractivity contribution >= 4 is 18.0 Å². The van der Waals surface area contributed by atoms with E-state index in [-0.39, 0.29) is 24.4 Å². The summed E-state index contributed by atoms with van der Waals surface area (Å²) < 4.78 is 19.3. The van der Waals surface area contributed by atoms with Gasteiger partial charge in [0.05, 0.1) is 11.8 Å². The highest BCUT2D eigenvalue weighted by atomic mass is 19.1. The molecule has 32 heavy (non-hydrogen) atoms. The van der Waals surface area contributed by atoms with Gasteiger partial charge >= 0.3 is 0 Å². The zero-order valence-corrected chi connectivity index (χ0v) is 17.7. The van der Waals surface area contributed by atoms with E-state index in [1.54, 1.807) is 6.07 Å². The van der Waals surface area contributed by atoms with Gasteiger partial charge in [-0.05, 0) is 54.4 Å². The van der Waals surface area contributed by atoms with E-state index in [9.17, 15) is 14.0 Å². The van der Waals surface area contributed by atoms with E-state index in [0.29, 0.717) is 6.61 Å². The van der Waals surface area contributed by atoms with Crippen molar-refractivity contribution in [3.05, 3.63) is 101 Å². The average Bonchev–Trinajstić information content (AvgIpc) is 2.80. The summed E-state index contributed by atoms with van der Waals surface area (Å²) in [6, 6.07) is 21.1. The van der Waals surface area contributed by atoms with Gasteiger partial charge in [-0.1, -0.05) is 42.0 Å². The molecule has 0 aliphatic heterocycles. The second-order valence-electron chi connectivity index (χ2n) is 7.12. The molecule has 0 spiro atoms. The Kier molecular flexibility index (Phi) is 8.09. The van der Waals surface area contributed by atoms with E-state index in [2.05, 4.69) is 15.8 Å². The fraction of sp³-hybridized carbons (Fsp3) is 0.160. The smallest absolute Gasteiger partial charge is 0.254 e. The molecule has 0 radical (unpaired) electrons. The summed E-state index contributed by atoms with van der Waals surface area (Å²) in [4.78, 5) is 23.7. The summed E-state index contributed by atoms with van der Waals surface area (Å²) in [6.07, 6.45) is 1.53. The van der Waals surface area contributed by atoms with Crippen LogP contribution in [-0.4, -0.2) is 24.6 Å². The fourth-order valence-electron chi connectivity index (χ4n) is 2.77. The Balaban J connectivity index is 1.37. The molecule has 6 nitrogen and oxygen atoms in total. The third kappa shape index (κ3) is 7.05. The monoisotopic (exact) mass is 433 g/mol. The Morgan fingerprint density at radius 2 is 1.72 bits per heavy atom. The van der Waals surface area contributed by atoms with Gasteiger partial charge in [0.25, 0.3) is 5.91 Å². The van der Waals surface area contributed by atoms with Crippen LogP contribution in [0.15, 0.2) is 77.9 Å². The van der Waals surface area contributed by atoms with Crippen molar-refractivity contribution in [1.82, 2.24) is 10.7 Å². The molecule has 0 saturated carbocycles. The van der Waals surface area contributed by atoms with Gasteiger partial charge in [0, 0.05) is 13.0 Å². The van der Waals surface area contributed by atoms with Gasteiger partial charge < -0.3 is 10.1 Å². The molecule has 0 aliphatic rings. The second kappa shape index (κ2) is 11.4. The number of ether oxygens (including phenoxy) is 1. The van der Waals surface area contributed by atoms with Crippen molar-refractivity contribution in [2.75, 3.05) is 6.54 Å². The number of nitrogens with zero attached hydrogens (tertiary/aromatic N) is 1. The molecule has 0 saturated heterocycles. The number of halogens is 1. The van der Waals surface area contributed by atoms with Crippen LogP contribution in [0.3, 0.4) is 0 Å². The summed E-state index contributed by atoms with van der Waals surface area (Å²) >= 11 is 0. The van der Waals surface area contributed by atoms with Crippen molar-refractivity contribution in [2.45, 2.75) is 20.0 Å². The Labute approximate surface area is 186 Å². The number of amides is 2. The zero-order valence-electron chi connectivity index (χ0n) is 17.7. The number of nitrogens with one attached hydrogen (secondary N) is 2. The van der Waals surface area contributed by atoms with Gasteiger partial charge in [0.1, 0.15) is 18.2 Å². The first-order valence-corrected chi connectivity index (χ1v) is 10.1. The maximum absolute atomic E-state index is 13.5. The Morgan fingerprint density at radius 1 is 1.00 bits per heavy atom. The number of hydrazone groups is 1. The maximum Gasteiger partial charge on any atom is 0.254 e. The van der Waals surface area contributed by atoms with Crippen LogP contribution in [0.5, 0.6) is 5.75 Å². The number of benzene rings is 3. The molecular formula is C25H24FN3O3. The minimum Gasteiger partial charge on any atom is -0.489 e. The number of hydrogen-bond acceptors (Lipinski definition) is 4. The molecule has 0 aliphatic carbocycles. The highest BCUT2D eigenvalue weighted by molar-refractivity contribution is 5.94. The topological polar surface area (TPSA) is 79.8 Å². The van der Waals surface area contributed by atoms with E-state index < -0.39 is 11.7 Å². The molecule has 0 aromatic heterocycles. The first-order valence-electron chi connectivity index (χ1n) is 10.1. The van der Waals surface area contributed by atoms with Crippen LogP contribution in [-0.2, 0) is 11.4 Å². The van der Waals surface area contributed by atoms with E-state index >= 15 is 0 Å². The predicted octanol–water partition coefficient (Wildman–Crippen LogP) is 3.98. The number of carbonyl (C=O) groups is 2. The second-order valence-corrected chi connectivity index (χ2v) is 7.12. The summed E-state index contributed by atoms with van der Waals surface area (Å²) in [6.45, 7) is 2.60. The first kappa shape index (κ1) is 22.7. The summed E-state index contributed by atoms with van der Waals surface area (Å²) in [5.74, 6) is -0.805. The minimum atomic E-state index is -0.606. The molecule has 2 N–H and O–H groups in total. The van der Waals surface area contributed by atoms with E-state index in [0.717, 1.165) is 16.9 Å². The molecule has 3 rings (SSSR count). The van der Waals surface area contributed by atoms with Gasteiger partial charge in [-0.3, -0.25) is 9.59 Å². The van der Waals surface area contributed by atoms with Crippen LogP contribution in [0.2, 0.25) is 0 Å². The maximum atomic E-state index is 13.5. The number of hydrogen-bond donors (Lipinski definition) is 2. The quantitative estimate of drug-likeness (QED) is 0.396. The van der Waals surface area contributed by atoms with E-state index in [1.807, 2.05) is 55.5 Å². The van der Waals surface area contributed by atoms with Crippen LogP contribution >= 0.6 is 0 Å². The minimum absolute atomic E-state index is 0.0172. The number of carbonyl (C=O) groups excluding carboxylic acids is 2. The Hall–Kier alpha value is -4.00. The summed E-state index contributed by atoms with van der Waals surface area (Å²) in [5.41, 5.74) is 5.43. The highest BCUT2D eigenvalue weighted by Crippen LogP contribution is 2.14. The van der Waals surface area contributed by atoms with E-state index in [4.69, 9.17) is 4.74 Å². The molecule has 3 aromatic carbocycles. The molecule has 0 heterocycles.